The molecule has 1 aliphatic carbocycles. The maximum Gasteiger partial charge on any atom is 0.222 e. The third-order valence-corrected chi connectivity index (χ3v) is 4.66. The highest BCUT2D eigenvalue weighted by Gasteiger charge is 2.27. The van der Waals surface area contributed by atoms with Crippen LogP contribution in [0, 0.1) is 17.6 Å². The lowest BCUT2D eigenvalue weighted by Crippen LogP contribution is -2.45. The average molecular weight is 353 g/mol. The quantitative estimate of drug-likeness (QED) is 0.733. The number of carbonyl (C=O) groups is 2. The molecule has 2 amide bonds. The first-order chi connectivity index (χ1) is 11.9. The molecule has 5 nitrogen and oxygen atoms in total. The van der Waals surface area contributed by atoms with E-state index in [-0.39, 0.29) is 35.8 Å². The molecule has 7 heteroatoms. The number of carbonyl (C=O) groups excluding carboxylic acids is 2. The predicted octanol–water partition coefficient (Wildman–Crippen LogP) is 2.17. The Bertz CT molecular complexity index is 624. The Balaban J connectivity index is 2.08. The average Bonchev–Trinajstić information content (AvgIpc) is 2.54. The molecule has 3 unspecified atom stereocenters. The molecule has 1 fully saturated rings. The summed E-state index contributed by atoms with van der Waals surface area (Å²) in [5.74, 6) is -1.93. The van der Waals surface area contributed by atoms with Crippen molar-refractivity contribution in [1.82, 2.24) is 10.6 Å². The zero-order valence-electron chi connectivity index (χ0n) is 14.4. The fourth-order valence-electron chi connectivity index (χ4n) is 3.40. The second kappa shape index (κ2) is 8.89. The number of hydrogen-bond acceptors (Lipinski definition) is 3. The molecule has 2 rings (SSSR count). The Morgan fingerprint density at radius 3 is 2.64 bits per heavy atom. The van der Waals surface area contributed by atoms with Gasteiger partial charge in [0, 0.05) is 24.6 Å². The second-order valence-electron chi connectivity index (χ2n) is 6.58. The maximum atomic E-state index is 14.0. The van der Waals surface area contributed by atoms with Crippen LogP contribution in [0.15, 0.2) is 18.2 Å². The fourth-order valence-corrected chi connectivity index (χ4v) is 3.40. The molecule has 138 valence electrons. The van der Waals surface area contributed by atoms with Crippen LogP contribution in [0.3, 0.4) is 0 Å². The van der Waals surface area contributed by atoms with Crippen LogP contribution < -0.4 is 16.4 Å². The summed E-state index contributed by atoms with van der Waals surface area (Å²) in [6, 6.07) is 2.26. The van der Waals surface area contributed by atoms with E-state index in [1.54, 1.807) is 0 Å². The van der Waals surface area contributed by atoms with Gasteiger partial charge in [-0.2, -0.15) is 0 Å². The van der Waals surface area contributed by atoms with Gasteiger partial charge in [-0.1, -0.05) is 18.9 Å². The monoisotopic (exact) mass is 353 g/mol. The van der Waals surface area contributed by atoms with Gasteiger partial charge in [-0.05, 0) is 31.4 Å². The molecule has 0 spiro atoms. The normalized spacial score (nSPS) is 21.4. The number of nitrogens with one attached hydrogen (secondary N) is 2. The van der Waals surface area contributed by atoms with E-state index >= 15 is 0 Å². The summed E-state index contributed by atoms with van der Waals surface area (Å²) in [6.45, 7) is 1.80. The highest BCUT2D eigenvalue weighted by Crippen LogP contribution is 2.25. The second-order valence-corrected chi connectivity index (χ2v) is 6.58. The highest BCUT2D eigenvalue weighted by atomic mass is 19.1. The van der Waals surface area contributed by atoms with Crippen molar-refractivity contribution < 1.29 is 18.4 Å². The van der Waals surface area contributed by atoms with Crippen molar-refractivity contribution in [2.45, 2.75) is 51.1 Å². The van der Waals surface area contributed by atoms with E-state index in [1.165, 1.54) is 13.0 Å². The molecule has 1 aliphatic rings. The van der Waals surface area contributed by atoms with Crippen LogP contribution in [-0.2, 0) is 9.59 Å². The van der Waals surface area contributed by atoms with Crippen LogP contribution in [0.1, 0.15) is 50.6 Å². The Morgan fingerprint density at radius 2 is 2.00 bits per heavy atom. The zero-order valence-corrected chi connectivity index (χ0v) is 14.4. The van der Waals surface area contributed by atoms with Crippen LogP contribution >= 0.6 is 0 Å². The molecule has 0 heterocycles. The highest BCUT2D eigenvalue weighted by molar-refractivity contribution is 5.79. The van der Waals surface area contributed by atoms with Gasteiger partial charge in [0.05, 0.1) is 12.5 Å². The van der Waals surface area contributed by atoms with Crippen LogP contribution in [0.5, 0.6) is 0 Å². The Kier molecular flexibility index (Phi) is 6.87. The van der Waals surface area contributed by atoms with E-state index < -0.39 is 17.7 Å². The minimum atomic E-state index is -0.849. The van der Waals surface area contributed by atoms with Gasteiger partial charge >= 0.3 is 0 Å². The lowest BCUT2D eigenvalue weighted by atomic mass is 9.84. The van der Waals surface area contributed by atoms with Gasteiger partial charge in [0.15, 0.2) is 0 Å². The van der Waals surface area contributed by atoms with Crippen LogP contribution in [0.25, 0.3) is 0 Å². The molecule has 3 atom stereocenters. The van der Waals surface area contributed by atoms with E-state index in [0.29, 0.717) is 6.54 Å². The smallest absolute Gasteiger partial charge is 0.222 e. The lowest BCUT2D eigenvalue weighted by molar-refractivity contribution is -0.123. The summed E-state index contributed by atoms with van der Waals surface area (Å²) >= 11 is 0. The third kappa shape index (κ3) is 5.49. The Labute approximate surface area is 146 Å². The summed E-state index contributed by atoms with van der Waals surface area (Å²) in [5.41, 5.74) is 5.86. The SMILES string of the molecule is CC(=O)NC(CC(=O)NC1CCCCC1CN)c1ccc(F)cc1F. The largest absolute Gasteiger partial charge is 0.353 e. The van der Waals surface area contributed by atoms with Crippen molar-refractivity contribution in [2.24, 2.45) is 11.7 Å². The molecule has 1 aromatic carbocycles. The van der Waals surface area contributed by atoms with Gasteiger partial charge in [0.25, 0.3) is 0 Å². The van der Waals surface area contributed by atoms with E-state index in [2.05, 4.69) is 10.6 Å². The number of rotatable bonds is 6. The molecule has 0 saturated heterocycles. The van der Waals surface area contributed by atoms with Crippen LogP contribution in [-0.4, -0.2) is 24.4 Å². The first-order valence-electron chi connectivity index (χ1n) is 8.62. The van der Waals surface area contributed by atoms with E-state index in [0.717, 1.165) is 37.8 Å². The van der Waals surface area contributed by atoms with Crippen molar-refractivity contribution in [1.29, 1.82) is 0 Å². The summed E-state index contributed by atoms with van der Waals surface area (Å²) in [5, 5.41) is 5.52. The number of amides is 2. The summed E-state index contributed by atoms with van der Waals surface area (Å²) in [4.78, 5) is 23.8. The van der Waals surface area contributed by atoms with Gasteiger partial charge in [0.1, 0.15) is 11.6 Å². The molecule has 0 radical (unpaired) electrons. The first-order valence-corrected chi connectivity index (χ1v) is 8.62. The number of halogens is 2. The Morgan fingerprint density at radius 1 is 1.28 bits per heavy atom. The van der Waals surface area contributed by atoms with Gasteiger partial charge in [-0.15, -0.1) is 0 Å². The van der Waals surface area contributed by atoms with Crippen molar-refractivity contribution in [2.75, 3.05) is 6.54 Å². The minimum absolute atomic E-state index is 0.00212. The van der Waals surface area contributed by atoms with E-state index in [1.807, 2.05) is 0 Å². The molecule has 0 aliphatic heterocycles. The lowest BCUT2D eigenvalue weighted by Gasteiger charge is -2.31. The predicted molar refractivity (Wildman–Crippen MR) is 90.5 cm³/mol. The number of nitrogens with two attached hydrogens (primary N) is 1. The van der Waals surface area contributed by atoms with Gasteiger partial charge in [0.2, 0.25) is 11.8 Å². The molecule has 0 bridgehead atoms. The summed E-state index contributed by atoms with van der Waals surface area (Å²) in [6.07, 6.45) is 3.86. The molecule has 1 aromatic rings. The molecule has 25 heavy (non-hydrogen) atoms. The maximum absolute atomic E-state index is 14.0. The van der Waals surface area contributed by atoms with E-state index in [9.17, 15) is 18.4 Å². The summed E-state index contributed by atoms with van der Waals surface area (Å²) in [7, 11) is 0. The van der Waals surface area contributed by atoms with Crippen molar-refractivity contribution in [3.8, 4) is 0 Å². The number of benzene rings is 1. The van der Waals surface area contributed by atoms with Crippen molar-refractivity contribution in [3.63, 3.8) is 0 Å². The molecule has 1 saturated carbocycles. The molecular weight excluding hydrogens is 328 g/mol. The van der Waals surface area contributed by atoms with Crippen molar-refractivity contribution in [3.05, 3.63) is 35.4 Å². The van der Waals surface area contributed by atoms with Gasteiger partial charge in [-0.25, -0.2) is 8.78 Å². The van der Waals surface area contributed by atoms with E-state index in [4.69, 9.17) is 5.73 Å². The first kappa shape index (κ1) is 19.3. The number of hydrogen-bond donors (Lipinski definition) is 3. The fraction of sp³-hybridized carbons (Fsp3) is 0.556. The Hall–Kier alpha value is -2.02. The molecule has 4 N–H and O–H groups in total. The van der Waals surface area contributed by atoms with Gasteiger partial charge < -0.3 is 16.4 Å². The molecular formula is C18H25F2N3O2. The zero-order chi connectivity index (χ0) is 18.4. The van der Waals surface area contributed by atoms with Crippen LogP contribution in [0.4, 0.5) is 8.78 Å². The van der Waals surface area contributed by atoms with Crippen LogP contribution in [0.2, 0.25) is 0 Å². The minimum Gasteiger partial charge on any atom is -0.353 e. The topological polar surface area (TPSA) is 84.2 Å². The van der Waals surface area contributed by atoms with Gasteiger partial charge in [-0.3, -0.25) is 9.59 Å². The third-order valence-electron chi connectivity index (χ3n) is 4.66. The summed E-state index contributed by atoms with van der Waals surface area (Å²) < 4.78 is 27.1. The van der Waals surface area contributed by atoms with Crippen molar-refractivity contribution >= 4 is 11.8 Å². The molecule has 0 aromatic heterocycles. The standard InChI is InChI=1S/C18H25F2N3O2/c1-11(24)22-17(14-7-6-13(19)8-15(14)20)9-18(25)23-16-5-3-2-4-12(16)10-21/h6-8,12,16-17H,2-5,9-10,21H2,1H3,(H,22,24)(H,23,25).